The van der Waals surface area contributed by atoms with Crippen molar-refractivity contribution in [3.63, 3.8) is 0 Å². The molecule has 2 aromatic carbocycles. The molecule has 0 atom stereocenters. The molecule has 90 valence electrons. The molecule has 2 N–H and O–H groups in total. The van der Waals surface area contributed by atoms with E-state index in [2.05, 4.69) is 4.98 Å². The summed E-state index contributed by atoms with van der Waals surface area (Å²) >= 11 is 6.00. The summed E-state index contributed by atoms with van der Waals surface area (Å²) in [6.45, 7) is 1.95. The van der Waals surface area contributed by atoms with Gasteiger partial charge < -0.3 is 10.2 Å². The first-order valence-corrected chi connectivity index (χ1v) is 5.94. The molecular formula is C14H11ClN2O. The van der Waals surface area contributed by atoms with Crippen molar-refractivity contribution in [3.8, 4) is 11.5 Å². The van der Waals surface area contributed by atoms with Crippen LogP contribution in [0.2, 0.25) is 5.02 Å². The van der Waals surface area contributed by atoms with Crippen LogP contribution in [0.15, 0.2) is 40.8 Å². The van der Waals surface area contributed by atoms with Crippen molar-refractivity contribution in [2.75, 3.05) is 5.73 Å². The fraction of sp³-hybridized carbons (Fsp3) is 0.0714. The average molecular weight is 259 g/mol. The highest BCUT2D eigenvalue weighted by atomic mass is 35.5. The van der Waals surface area contributed by atoms with Gasteiger partial charge in [-0.05, 0) is 48.9 Å². The Morgan fingerprint density at radius 2 is 2.00 bits per heavy atom. The van der Waals surface area contributed by atoms with Crippen LogP contribution in [0, 0.1) is 6.92 Å². The number of anilines is 1. The molecule has 0 radical (unpaired) electrons. The lowest BCUT2D eigenvalue weighted by atomic mass is 10.1. The van der Waals surface area contributed by atoms with Gasteiger partial charge >= 0.3 is 0 Å². The summed E-state index contributed by atoms with van der Waals surface area (Å²) in [5.74, 6) is 0.579. The van der Waals surface area contributed by atoms with E-state index < -0.39 is 0 Å². The van der Waals surface area contributed by atoms with E-state index in [1.165, 1.54) is 0 Å². The quantitative estimate of drug-likeness (QED) is 0.670. The Bertz CT molecular complexity index is 734. The first kappa shape index (κ1) is 11.1. The molecule has 0 spiro atoms. The standard InChI is InChI=1S/C14H11ClN2O/c1-8-6-9(2-4-11(8)15)14-17-12-7-10(16)3-5-13(12)18-14/h2-7H,16H2,1H3. The topological polar surface area (TPSA) is 52.0 Å². The summed E-state index contributed by atoms with van der Waals surface area (Å²) in [6.07, 6.45) is 0. The molecule has 0 aliphatic rings. The highest BCUT2D eigenvalue weighted by Crippen LogP contribution is 2.28. The zero-order valence-corrected chi connectivity index (χ0v) is 10.5. The Kier molecular flexibility index (Phi) is 2.49. The molecule has 0 bridgehead atoms. The lowest BCUT2D eigenvalue weighted by molar-refractivity contribution is 0.620. The van der Waals surface area contributed by atoms with Gasteiger partial charge in [0.05, 0.1) is 0 Å². The van der Waals surface area contributed by atoms with E-state index in [1.54, 1.807) is 12.1 Å². The number of hydrogen-bond donors (Lipinski definition) is 1. The van der Waals surface area contributed by atoms with Gasteiger partial charge in [0.2, 0.25) is 5.89 Å². The average Bonchev–Trinajstić information content (AvgIpc) is 2.75. The van der Waals surface area contributed by atoms with Crippen molar-refractivity contribution in [1.82, 2.24) is 4.98 Å². The molecule has 3 rings (SSSR count). The van der Waals surface area contributed by atoms with E-state index in [0.29, 0.717) is 11.6 Å². The molecule has 1 heterocycles. The molecule has 1 aromatic heterocycles. The minimum atomic E-state index is 0.579. The van der Waals surface area contributed by atoms with E-state index >= 15 is 0 Å². The number of nitrogens with zero attached hydrogens (tertiary/aromatic N) is 1. The normalized spacial score (nSPS) is 11.0. The van der Waals surface area contributed by atoms with E-state index in [9.17, 15) is 0 Å². The van der Waals surface area contributed by atoms with Crippen molar-refractivity contribution in [2.45, 2.75) is 6.92 Å². The number of hydrogen-bond acceptors (Lipinski definition) is 3. The van der Waals surface area contributed by atoms with Gasteiger partial charge in [0.1, 0.15) is 5.52 Å². The van der Waals surface area contributed by atoms with Gasteiger partial charge in [0, 0.05) is 16.3 Å². The lowest BCUT2D eigenvalue weighted by Gasteiger charge is -1.99. The molecule has 0 saturated heterocycles. The number of benzene rings is 2. The van der Waals surface area contributed by atoms with E-state index in [1.807, 2.05) is 31.2 Å². The van der Waals surface area contributed by atoms with Crippen LogP contribution in [0.1, 0.15) is 5.56 Å². The molecule has 3 aromatic rings. The predicted octanol–water partition coefficient (Wildman–Crippen LogP) is 4.04. The Hall–Kier alpha value is -2.00. The monoisotopic (exact) mass is 258 g/mol. The lowest BCUT2D eigenvalue weighted by Crippen LogP contribution is -1.82. The highest BCUT2D eigenvalue weighted by Gasteiger charge is 2.09. The first-order chi connectivity index (χ1) is 8.63. The Balaban J connectivity index is 2.16. The van der Waals surface area contributed by atoms with E-state index in [-0.39, 0.29) is 0 Å². The van der Waals surface area contributed by atoms with Crippen LogP contribution >= 0.6 is 11.6 Å². The maximum atomic E-state index is 6.00. The van der Waals surface area contributed by atoms with Crippen molar-refractivity contribution in [2.24, 2.45) is 0 Å². The highest BCUT2D eigenvalue weighted by molar-refractivity contribution is 6.31. The minimum Gasteiger partial charge on any atom is -0.436 e. The molecule has 4 heteroatoms. The number of rotatable bonds is 1. The number of oxazole rings is 1. The summed E-state index contributed by atoms with van der Waals surface area (Å²) in [6, 6.07) is 11.1. The fourth-order valence-electron chi connectivity index (χ4n) is 1.85. The summed E-state index contributed by atoms with van der Waals surface area (Å²) in [4.78, 5) is 4.42. The number of aryl methyl sites for hydroxylation is 1. The predicted molar refractivity (Wildman–Crippen MR) is 73.6 cm³/mol. The molecule has 18 heavy (non-hydrogen) atoms. The number of nitrogen functional groups attached to an aromatic ring is 1. The molecule has 0 fully saturated rings. The smallest absolute Gasteiger partial charge is 0.227 e. The maximum absolute atomic E-state index is 6.00. The van der Waals surface area contributed by atoms with Gasteiger partial charge in [-0.2, -0.15) is 0 Å². The second kappa shape index (κ2) is 4.03. The zero-order chi connectivity index (χ0) is 12.7. The molecule has 0 amide bonds. The molecule has 0 aliphatic carbocycles. The third-order valence-electron chi connectivity index (χ3n) is 2.82. The van der Waals surface area contributed by atoms with Gasteiger partial charge in [-0.25, -0.2) is 4.98 Å². The Labute approximate surface area is 109 Å². The van der Waals surface area contributed by atoms with E-state index in [0.717, 1.165) is 27.2 Å². The summed E-state index contributed by atoms with van der Waals surface area (Å²) in [7, 11) is 0. The van der Waals surface area contributed by atoms with Crippen LogP contribution in [-0.4, -0.2) is 4.98 Å². The van der Waals surface area contributed by atoms with E-state index in [4.69, 9.17) is 21.8 Å². The first-order valence-electron chi connectivity index (χ1n) is 5.56. The van der Waals surface area contributed by atoms with Gasteiger partial charge in [0.25, 0.3) is 0 Å². The number of halogens is 1. The minimum absolute atomic E-state index is 0.579. The van der Waals surface area contributed by atoms with Gasteiger partial charge in [-0.1, -0.05) is 11.6 Å². The molecule has 0 unspecified atom stereocenters. The second-order valence-electron chi connectivity index (χ2n) is 4.21. The number of fused-ring (bicyclic) bond motifs is 1. The van der Waals surface area contributed by atoms with Crippen LogP contribution in [0.25, 0.3) is 22.6 Å². The SMILES string of the molecule is Cc1cc(-c2nc3cc(N)ccc3o2)ccc1Cl. The second-order valence-corrected chi connectivity index (χ2v) is 4.62. The van der Waals surface area contributed by atoms with Crippen LogP contribution in [0.4, 0.5) is 5.69 Å². The van der Waals surface area contributed by atoms with Gasteiger partial charge in [0.15, 0.2) is 5.58 Å². The molecule has 0 saturated carbocycles. The van der Waals surface area contributed by atoms with Gasteiger partial charge in [-0.15, -0.1) is 0 Å². The largest absolute Gasteiger partial charge is 0.436 e. The van der Waals surface area contributed by atoms with Crippen molar-refractivity contribution in [3.05, 3.63) is 47.0 Å². The molecule has 3 nitrogen and oxygen atoms in total. The van der Waals surface area contributed by atoms with Crippen molar-refractivity contribution in [1.29, 1.82) is 0 Å². The number of aromatic nitrogens is 1. The maximum Gasteiger partial charge on any atom is 0.227 e. The molecular weight excluding hydrogens is 248 g/mol. The Morgan fingerprint density at radius 3 is 2.78 bits per heavy atom. The van der Waals surface area contributed by atoms with Gasteiger partial charge in [-0.3, -0.25) is 0 Å². The van der Waals surface area contributed by atoms with Crippen LogP contribution in [0.5, 0.6) is 0 Å². The van der Waals surface area contributed by atoms with Crippen molar-refractivity contribution >= 4 is 28.4 Å². The summed E-state index contributed by atoms with van der Waals surface area (Å²) in [5.41, 5.74) is 9.79. The summed E-state index contributed by atoms with van der Waals surface area (Å²) in [5, 5.41) is 0.735. The van der Waals surface area contributed by atoms with Crippen LogP contribution in [-0.2, 0) is 0 Å². The van der Waals surface area contributed by atoms with Crippen LogP contribution in [0.3, 0.4) is 0 Å². The number of nitrogens with two attached hydrogens (primary N) is 1. The summed E-state index contributed by atoms with van der Waals surface area (Å²) < 4.78 is 5.69. The Morgan fingerprint density at radius 1 is 1.17 bits per heavy atom. The molecule has 0 aliphatic heterocycles. The third kappa shape index (κ3) is 1.83. The third-order valence-corrected chi connectivity index (χ3v) is 3.24. The fourth-order valence-corrected chi connectivity index (χ4v) is 1.96. The van der Waals surface area contributed by atoms with Crippen LogP contribution < -0.4 is 5.73 Å². The zero-order valence-electron chi connectivity index (χ0n) is 9.77. The van der Waals surface area contributed by atoms with Crippen molar-refractivity contribution < 1.29 is 4.42 Å².